The van der Waals surface area contributed by atoms with Crippen LogP contribution in [0.1, 0.15) is 100 Å². The number of carboxylic acids is 1. The molecule has 7 nitrogen and oxygen atoms in total. The van der Waals surface area contributed by atoms with Crippen LogP contribution in [0.5, 0.6) is 5.75 Å². The number of nitrogens with one attached hydrogen (secondary N) is 1. The molecule has 1 aliphatic carbocycles. The SMILES string of the molecule is CC(C)CCn1cc(-c2ccc(Cl)cc2Cl)nc1[C@H](Cc1ccc(OCc2ccc(C(=O)O)cc2)cc1)NC(=O)C1CCC(C(C)(C)C)CC1. The third-order valence-electron chi connectivity index (χ3n) is 9.88. The number of carbonyl (C=O) groups excluding carboxylic acids is 1. The highest BCUT2D eigenvalue weighted by Crippen LogP contribution is 2.40. The average molecular weight is 719 g/mol. The van der Waals surface area contributed by atoms with Crippen LogP contribution in [-0.2, 0) is 24.4 Å². The van der Waals surface area contributed by atoms with Crippen LogP contribution >= 0.6 is 23.2 Å². The van der Waals surface area contributed by atoms with Crippen molar-refractivity contribution in [2.45, 2.75) is 92.3 Å². The van der Waals surface area contributed by atoms with Crippen LogP contribution in [0.2, 0.25) is 10.0 Å². The zero-order valence-electron chi connectivity index (χ0n) is 29.7. The second-order valence-electron chi connectivity index (χ2n) is 15.1. The molecule has 9 heteroatoms. The third kappa shape index (κ3) is 9.91. The number of hydrogen-bond donors (Lipinski definition) is 2. The first kappa shape index (κ1) is 37.4. The predicted molar refractivity (Wildman–Crippen MR) is 201 cm³/mol. The standard InChI is InChI=1S/C41H49Cl2N3O4/c1-26(2)20-21-46-24-37(34-19-16-32(42)23-35(34)43)44-38(46)36(45-39(47)29-12-14-31(15-13-29)41(3,4)5)22-27-8-17-33(18-9-27)50-25-28-6-10-30(11-7-28)40(48)49/h6-11,16-19,23-24,26,29,31,36H,12-15,20-22,25H2,1-5H3,(H,45,47)(H,48,49)/t29?,31?,36-/m0/s1. The van der Waals surface area contributed by atoms with Crippen molar-refractivity contribution in [1.82, 2.24) is 14.9 Å². The Balaban J connectivity index is 1.39. The monoisotopic (exact) mass is 717 g/mol. The van der Waals surface area contributed by atoms with Gasteiger partial charge in [-0.15, -0.1) is 0 Å². The maximum Gasteiger partial charge on any atom is 0.335 e. The zero-order valence-corrected chi connectivity index (χ0v) is 31.2. The summed E-state index contributed by atoms with van der Waals surface area (Å²) >= 11 is 12.9. The molecule has 1 aromatic heterocycles. The average Bonchev–Trinajstić information content (AvgIpc) is 3.50. The molecule has 0 saturated heterocycles. The highest BCUT2D eigenvalue weighted by molar-refractivity contribution is 6.36. The van der Waals surface area contributed by atoms with Crippen LogP contribution in [0.3, 0.4) is 0 Å². The molecule has 1 heterocycles. The van der Waals surface area contributed by atoms with Crippen LogP contribution in [-0.4, -0.2) is 26.5 Å². The number of aryl methyl sites for hydroxylation is 1. The van der Waals surface area contributed by atoms with Gasteiger partial charge in [0.05, 0.1) is 22.3 Å². The topological polar surface area (TPSA) is 93.5 Å². The van der Waals surface area contributed by atoms with Crippen molar-refractivity contribution in [2.75, 3.05) is 0 Å². The van der Waals surface area contributed by atoms with E-state index in [4.69, 9.17) is 38.0 Å². The molecule has 1 aliphatic rings. The van der Waals surface area contributed by atoms with Crippen molar-refractivity contribution in [2.24, 2.45) is 23.2 Å². The first-order chi connectivity index (χ1) is 23.8. The molecule has 0 radical (unpaired) electrons. The van der Waals surface area contributed by atoms with E-state index in [9.17, 15) is 9.59 Å². The minimum absolute atomic E-state index is 0.0271. The summed E-state index contributed by atoms with van der Waals surface area (Å²) in [6, 6.07) is 19.6. The second-order valence-corrected chi connectivity index (χ2v) is 15.9. The summed E-state index contributed by atoms with van der Waals surface area (Å²) in [5, 5.41) is 13.7. The first-order valence-corrected chi connectivity index (χ1v) is 18.4. The summed E-state index contributed by atoms with van der Waals surface area (Å²) in [5.41, 5.74) is 3.94. The number of benzene rings is 3. The van der Waals surface area contributed by atoms with E-state index in [-0.39, 0.29) is 28.8 Å². The Morgan fingerprint density at radius 2 is 1.62 bits per heavy atom. The van der Waals surface area contributed by atoms with Gasteiger partial charge in [0.25, 0.3) is 0 Å². The maximum atomic E-state index is 14.0. The van der Waals surface area contributed by atoms with E-state index in [0.717, 1.165) is 66.9 Å². The maximum absolute atomic E-state index is 14.0. The Morgan fingerprint density at radius 1 is 0.960 bits per heavy atom. The van der Waals surface area contributed by atoms with Crippen molar-refractivity contribution >= 4 is 35.1 Å². The number of nitrogens with zero attached hydrogens (tertiary/aromatic N) is 2. The Hall–Kier alpha value is -3.81. The van der Waals surface area contributed by atoms with E-state index < -0.39 is 5.97 Å². The summed E-state index contributed by atoms with van der Waals surface area (Å²) < 4.78 is 8.18. The number of halogens is 2. The number of carbonyl (C=O) groups is 2. The van der Waals surface area contributed by atoms with Crippen LogP contribution in [0.4, 0.5) is 0 Å². The van der Waals surface area contributed by atoms with E-state index in [1.165, 1.54) is 0 Å². The van der Waals surface area contributed by atoms with E-state index in [0.29, 0.717) is 40.7 Å². The Morgan fingerprint density at radius 3 is 2.22 bits per heavy atom. The number of imidazole rings is 1. The van der Waals surface area contributed by atoms with Crippen LogP contribution in [0.15, 0.2) is 72.9 Å². The van der Waals surface area contributed by atoms with Crippen LogP contribution in [0.25, 0.3) is 11.3 Å². The number of hydrogen-bond acceptors (Lipinski definition) is 4. The lowest BCUT2D eigenvalue weighted by Crippen LogP contribution is -2.39. The van der Waals surface area contributed by atoms with E-state index in [1.54, 1.807) is 30.3 Å². The fourth-order valence-electron chi connectivity index (χ4n) is 6.70. The van der Waals surface area contributed by atoms with Crippen molar-refractivity contribution in [1.29, 1.82) is 0 Å². The van der Waals surface area contributed by atoms with Gasteiger partial charge in [-0.25, -0.2) is 9.78 Å². The number of rotatable bonds is 13. The minimum Gasteiger partial charge on any atom is -0.489 e. The number of aromatic carboxylic acids is 1. The summed E-state index contributed by atoms with van der Waals surface area (Å²) in [4.78, 5) is 30.3. The molecule has 4 aromatic rings. The van der Waals surface area contributed by atoms with Gasteiger partial charge in [0, 0.05) is 29.2 Å². The summed E-state index contributed by atoms with van der Waals surface area (Å²) in [6.07, 6.45) is 7.43. The zero-order chi connectivity index (χ0) is 36.0. The number of aromatic nitrogens is 2. The van der Waals surface area contributed by atoms with Gasteiger partial charge in [0.15, 0.2) is 0 Å². The molecule has 1 atom stereocenters. The van der Waals surface area contributed by atoms with Gasteiger partial charge in [-0.3, -0.25) is 4.79 Å². The van der Waals surface area contributed by atoms with Gasteiger partial charge >= 0.3 is 5.97 Å². The van der Waals surface area contributed by atoms with Gasteiger partial charge < -0.3 is 19.7 Å². The van der Waals surface area contributed by atoms with Crippen molar-refractivity contribution in [3.63, 3.8) is 0 Å². The summed E-state index contributed by atoms with van der Waals surface area (Å²) in [5.74, 6) is 1.71. The van der Waals surface area contributed by atoms with Gasteiger partial charge in [-0.05, 0) is 109 Å². The third-order valence-corrected chi connectivity index (χ3v) is 10.4. The molecule has 50 heavy (non-hydrogen) atoms. The normalized spacial score (nSPS) is 17.0. The van der Waals surface area contributed by atoms with Crippen LogP contribution < -0.4 is 10.1 Å². The fourth-order valence-corrected chi connectivity index (χ4v) is 7.20. The molecule has 0 bridgehead atoms. The molecule has 0 aliphatic heterocycles. The highest BCUT2D eigenvalue weighted by Gasteiger charge is 2.34. The molecule has 0 spiro atoms. The van der Waals surface area contributed by atoms with Crippen molar-refractivity contribution < 1.29 is 19.4 Å². The molecule has 5 rings (SSSR count). The number of amides is 1. The quantitative estimate of drug-likeness (QED) is 0.144. The van der Waals surface area contributed by atoms with E-state index >= 15 is 0 Å². The van der Waals surface area contributed by atoms with Crippen molar-refractivity contribution in [3.05, 3.63) is 105 Å². The molecule has 1 fully saturated rings. The van der Waals surface area contributed by atoms with Crippen molar-refractivity contribution in [3.8, 4) is 17.0 Å². The Labute approximate surface area is 306 Å². The largest absolute Gasteiger partial charge is 0.489 e. The lowest BCUT2D eigenvalue weighted by molar-refractivity contribution is -0.127. The molecular weight excluding hydrogens is 669 g/mol. The summed E-state index contributed by atoms with van der Waals surface area (Å²) in [6.45, 7) is 12.4. The Kier molecular flexibility index (Phi) is 12.3. The molecule has 1 saturated carbocycles. The molecule has 2 N–H and O–H groups in total. The highest BCUT2D eigenvalue weighted by atomic mass is 35.5. The first-order valence-electron chi connectivity index (χ1n) is 17.6. The molecule has 266 valence electrons. The molecule has 0 unspecified atom stereocenters. The van der Waals surface area contributed by atoms with Gasteiger partial charge in [-0.1, -0.05) is 82.1 Å². The number of carboxylic acid groups (broad SMARTS) is 1. The number of ether oxygens (including phenoxy) is 1. The van der Waals surface area contributed by atoms with E-state index in [2.05, 4.69) is 44.5 Å². The lowest BCUT2D eigenvalue weighted by atomic mass is 9.69. The Bertz CT molecular complexity index is 1750. The van der Waals surface area contributed by atoms with Gasteiger partial charge in [-0.2, -0.15) is 0 Å². The molecule has 1 amide bonds. The predicted octanol–water partition coefficient (Wildman–Crippen LogP) is 10.4. The molecular formula is C41H49Cl2N3O4. The van der Waals surface area contributed by atoms with E-state index in [1.807, 2.05) is 42.6 Å². The molecule has 3 aromatic carbocycles. The smallest absolute Gasteiger partial charge is 0.335 e. The minimum atomic E-state index is -0.956. The second kappa shape index (κ2) is 16.5. The summed E-state index contributed by atoms with van der Waals surface area (Å²) in [7, 11) is 0. The van der Waals surface area contributed by atoms with Gasteiger partial charge in [0.1, 0.15) is 18.2 Å². The van der Waals surface area contributed by atoms with Crippen LogP contribution in [0, 0.1) is 23.2 Å². The fraction of sp³-hybridized carbons (Fsp3) is 0.439. The lowest BCUT2D eigenvalue weighted by Gasteiger charge is -2.36. The van der Waals surface area contributed by atoms with Gasteiger partial charge in [0.2, 0.25) is 5.91 Å².